The Morgan fingerprint density at radius 1 is 1.00 bits per heavy atom. The van der Waals surface area contributed by atoms with Gasteiger partial charge in [0.15, 0.2) is 29.6 Å². The molecule has 2 aromatic carbocycles. The monoisotopic (exact) mass is 440 g/mol. The summed E-state index contributed by atoms with van der Waals surface area (Å²) in [7, 11) is 3.02. The van der Waals surface area contributed by atoms with E-state index < -0.39 is 0 Å². The van der Waals surface area contributed by atoms with E-state index in [9.17, 15) is 9.59 Å². The van der Waals surface area contributed by atoms with Crippen molar-refractivity contribution in [3.8, 4) is 29.1 Å². The van der Waals surface area contributed by atoms with Gasteiger partial charge in [-0.15, -0.1) is 0 Å². The molecule has 160 valence electrons. The molecule has 31 heavy (non-hydrogen) atoms. The Balaban J connectivity index is 1.67. The van der Waals surface area contributed by atoms with Crippen LogP contribution in [0.4, 0.5) is 4.79 Å². The van der Waals surface area contributed by atoms with Crippen LogP contribution in [0.3, 0.4) is 0 Å². The van der Waals surface area contributed by atoms with Gasteiger partial charge >= 0.3 is 0 Å². The number of nitriles is 1. The fraction of sp³-hybridized carbons (Fsp3) is 0.227. The second-order valence-electron chi connectivity index (χ2n) is 6.19. The fourth-order valence-corrected chi connectivity index (χ4v) is 3.70. The number of carbonyl (C=O) groups is 2. The van der Waals surface area contributed by atoms with Crippen LogP contribution in [0.2, 0.25) is 0 Å². The summed E-state index contributed by atoms with van der Waals surface area (Å²) in [6.45, 7) is 0.153. The maximum atomic E-state index is 12.7. The van der Waals surface area contributed by atoms with Crippen LogP contribution in [0.1, 0.15) is 5.56 Å². The number of para-hydroxylation sites is 2. The summed E-state index contributed by atoms with van der Waals surface area (Å²) in [5.74, 6) is 1.57. The molecule has 1 aliphatic rings. The number of hydrogen-bond acceptors (Lipinski definition) is 8. The average Bonchev–Trinajstić information content (AvgIpc) is 3.05. The molecule has 1 heterocycles. The first-order valence-electron chi connectivity index (χ1n) is 9.26. The number of hydrogen-bond donors (Lipinski definition) is 0. The van der Waals surface area contributed by atoms with Crippen molar-refractivity contribution in [1.82, 2.24) is 4.90 Å². The first-order valence-corrected chi connectivity index (χ1v) is 10.1. The van der Waals surface area contributed by atoms with E-state index in [1.165, 1.54) is 7.11 Å². The summed E-state index contributed by atoms with van der Waals surface area (Å²) in [6.07, 6.45) is 1.61. The summed E-state index contributed by atoms with van der Waals surface area (Å²) in [4.78, 5) is 26.5. The van der Waals surface area contributed by atoms with E-state index in [0.717, 1.165) is 16.7 Å². The standard InChI is InChI=1S/C22H20N2O6S/c1-27-16-5-3-4-6-17(16)30-12-10-24-21(25)20(31-22(24)26)14-15-7-8-18(29-11-9-23)19(13-15)28-2/h3-8,13-14H,10-12H2,1-2H3/b20-14-. The number of nitrogens with zero attached hydrogens (tertiary/aromatic N) is 2. The van der Waals surface area contributed by atoms with Crippen molar-refractivity contribution in [2.75, 3.05) is 34.0 Å². The molecule has 0 aromatic heterocycles. The molecule has 3 rings (SSSR count). The molecule has 0 bridgehead atoms. The lowest BCUT2D eigenvalue weighted by molar-refractivity contribution is -0.123. The van der Waals surface area contributed by atoms with Crippen LogP contribution < -0.4 is 18.9 Å². The molecule has 0 saturated carbocycles. The van der Waals surface area contributed by atoms with Crippen LogP contribution >= 0.6 is 11.8 Å². The SMILES string of the molecule is COc1cc(/C=C2\SC(=O)N(CCOc3ccccc3OC)C2=O)ccc1OCC#N. The smallest absolute Gasteiger partial charge is 0.293 e. The number of amides is 2. The normalized spacial score (nSPS) is 14.5. The highest BCUT2D eigenvalue weighted by molar-refractivity contribution is 8.18. The molecule has 1 aliphatic heterocycles. The summed E-state index contributed by atoms with van der Waals surface area (Å²) in [5.41, 5.74) is 0.664. The van der Waals surface area contributed by atoms with Crippen LogP contribution in [0.5, 0.6) is 23.0 Å². The lowest BCUT2D eigenvalue weighted by Gasteiger charge is -2.14. The molecule has 1 fully saturated rings. The first-order chi connectivity index (χ1) is 15.1. The maximum Gasteiger partial charge on any atom is 0.293 e. The van der Waals surface area contributed by atoms with Gasteiger partial charge in [-0.3, -0.25) is 14.5 Å². The van der Waals surface area contributed by atoms with Crippen molar-refractivity contribution in [2.45, 2.75) is 0 Å². The minimum absolute atomic E-state index is 0.106. The zero-order valence-electron chi connectivity index (χ0n) is 17.0. The number of methoxy groups -OCH3 is 2. The van der Waals surface area contributed by atoms with E-state index in [2.05, 4.69) is 0 Å². The molecule has 8 nitrogen and oxygen atoms in total. The average molecular weight is 440 g/mol. The number of benzene rings is 2. The van der Waals surface area contributed by atoms with E-state index in [4.69, 9.17) is 24.2 Å². The van der Waals surface area contributed by atoms with Crippen molar-refractivity contribution >= 4 is 29.0 Å². The number of rotatable bonds is 9. The molecular formula is C22H20N2O6S. The van der Waals surface area contributed by atoms with Gasteiger partial charge in [0, 0.05) is 0 Å². The predicted molar refractivity (Wildman–Crippen MR) is 115 cm³/mol. The van der Waals surface area contributed by atoms with Gasteiger partial charge in [0.25, 0.3) is 11.1 Å². The Hall–Kier alpha value is -3.64. The van der Waals surface area contributed by atoms with Crippen LogP contribution in [-0.2, 0) is 4.79 Å². The highest BCUT2D eigenvalue weighted by Crippen LogP contribution is 2.34. The molecule has 0 N–H and O–H groups in total. The Morgan fingerprint density at radius 2 is 1.71 bits per heavy atom. The topological polar surface area (TPSA) is 98.1 Å². The van der Waals surface area contributed by atoms with Crippen molar-refractivity contribution < 1.29 is 28.5 Å². The molecule has 2 aromatic rings. The molecule has 9 heteroatoms. The lowest BCUT2D eigenvalue weighted by atomic mass is 10.2. The van der Waals surface area contributed by atoms with Crippen LogP contribution in [-0.4, -0.2) is 50.0 Å². The van der Waals surface area contributed by atoms with Crippen LogP contribution in [0.25, 0.3) is 6.08 Å². The van der Waals surface area contributed by atoms with Crippen LogP contribution in [0, 0.1) is 11.3 Å². The Kier molecular flexibility index (Phi) is 7.40. The maximum absolute atomic E-state index is 12.7. The van der Waals surface area contributed by atoms with E-state index in [1.807, 2.05) is 18.2 Å². The highest BCUT2D eigenvalue weighted by atomic mass is 32.2. The third-order valence-corrected chi connectivity index (χ3v) is 5.20. The van der Waals surface area contributed by atoms with Gasteiger partial charge in [-0.2, -0.15) is 5.26 Å². The number of ether oxygens (including phenoxy) is 4. The molecule has 2 amide bonds. The van der Waals surface area contributed by atoms with Gasteiger partial charge in [0.05, 0.1) is 25.7 Å². The van der Waals surface area contributed by atoms with Gasteiger partial charge in [-0.05, 0) is 47.7 Å². The van der Waals surface area contributed by atoms with E-state index in [1.54, 1.807) is 43.5 Å². The molecular weight excluding hydrogens is 420 g/mol. The summed E-state index contributed by atoms with van der Waals surface area (Å²) in [5, 5.41) is 8.29. The Bertz CT molecular complexity index is 1050. The number of imide groups is 1. The van der Waals surface area contributed by atoms with Crippen molar-refractivity contribution in [2.24, 2.45) is 0 Å². The number of thioether (sulfide) groups is 1. The fourth-order valence-electron chi connectivity index (χ4n) is 2.83. The summed E-state index contributed by atoms with van der Waals surface area (Å²) < 4.78 is 21.4. The molecule has 0 atom stereocenters. The Morgan fingerprint density at radius 3 is 2.42 bits per heavy atom. The third kappa shape index (κ3) is 5.29. The second kappa shape index (κ2) is 10.4. The van der Waals surface area contributed by atoms with Gasteiger partial charge < -0.3 is 18.9 Å². The molecule has 0 spiro atoms. The summed E-state index contributed by atoms with van der Waals surface area (Å²) >= 11 is 0.865. The molecule has 0 radical (unpaired) electrons. The molecule has 1 saturated heterocycles. The quantitative estimate of drug-likeness (QED) is 0.544. The summed E-state index contributed by atoms with van der Waals surface area (Å²) in [6, 6.07) is 14.1. The molecule has 0 unspecified atom stereocenters. The second-order valence-corrected chi connectivity index (χ2v) is 7.18. The Labute approximate surface area is 183 Å². The first kappa shape index (κ1) is 22.1. The van der Waals surface area contributed by atoms with Gasteiger partial charge in [0.2, 0.25) is 0 Å². The largest absolute Gasteiger partial charge is 0.493 e. The minimum Gasteiger partial charge on any atom is -0.493 e. The predicted octanol–water partition coefficient (Wildman–Crippen LogP) is 3.72. The van der Waals surface area contributed by atoms with Crippen molar-refractivity contribution in [3.05, 3.63) is 52.9 Å². The lowest BCUT2D eigenvalue weighted by Crippen LogP contribution is -2.32. The van der Waals surface area contributed by atoms with E-state index in [-0.39, 0.29) is 30.9 Å². The zero-order valence-corrected chi connectivity index (χ0v) is 17.8. The van der Waals surface area contributed by atoms with Gasteiger partial charge in [0.1, 0.15) is 12.7 Å². The zero-order chi connectivity index (χ0) is 22.2. The van der Waals surface area contributed by atoms with Crippen molar-refractivity contribution in [3.63, 3.8) is 0 Å². The minimum atomic E-state index is -0.387. The third-order valence-electron chi connectivity index (χ3n) is 4.29. The van der Waals surface area contributed by atoms with Crippen LogP contribution in [0.15, 0.2) is 47.4 Å². The van der Waals surface area contributed by atoms with E-state index in [0.29, 0.717) is 33.5 Å². The molecule has 0 aliphatic carbocycles. The highest BCUT2D eigenvalue weighted by Gasteiger charge is 2.34. The van der Waals surface area contributed by atoms with Gasteiger partial charge in [-0.25, -0.2) is 0 Å². The van der Waals surface area contributed by atoms with Crippen molar-refractivity contribution in [1.29, 1.82) is 5.26 Å². The van der Waals surface area contributed by atoms with Gasteiger partial charge in [-0.1, -0.05) is 18.2 Å². The number of carbonyl (C=O) groups excluding carboxylic acids is 2. The van der Waals surface area contributed by atoms with E-state index >= 15 is 0 Å².